The third-order valence-corrected chi connectivity index (χ3v) is 3.41. The molecule has 2 atom stereocenters. The van der Waals surface area contributed by atoms with E-state index in [1.165, 1.54) is 6.92 Å². The summed E-state index contributed by atoms with van der Waals surface area (Å²) in [5.41, 5.74) is 0.528. The summed E-state index contributed by atoms with van der Waals surface area (Å²) in [6, 6.07) is 4.25. The third kappa shape index (κ3) is 7.04. The van der Waals surface area contributed by atoms with Gasteiger partial charge in [-0.1, -0.05) is 18.2 Å². The van der Waals surface area contributed by atoms with Crippen LogP contribution in [0.2, 0.25) is 0 Å². The molecule has 0 aliphatic heterocycles. The minimum Gasteiger partial charge on any atom is -0.494 e. The van der Waals surface area contributed by atoms with Crippen LogP contribution in [-0.2, 0) is 14.4 Å². The highest BCUT2D eigenvalue weighted by atomic mass is 19.3. The predicted molar refractivity (Wildman–Crippen MR) is 89.0 cm³/mol. The number of carbonyl (C=O) groups excluding carboxylic acids is 2. The van der Waals surface area contributed by atoms with Gasteiger partial charge in [0.2, 0.25) is 18.2 Å². The van der Waals surface area contributed by atoms with Gasteiger partial charge in [0.15, 0.2) is 0 Å². The summed E-state index contributed by atoms with van der Waals surface area (Å²) in [4.78, 5) is 34.6. The lowest BCUT2D eigenvalue weighted by molar-refractivity contribution is -0.143. The maximum absolute atomic E-state index is 12.4. The SMILES string of the molecule is CCOc1ccccc1C(CC(=O)NC(CC(F)F)C(=O)O)NC(C)=O. The molecule has 0 fully saturated rings. The molecule has 0 aliphatic carbocycles. The molecule has 1 rings (SSSR count). The monoisotopic (exact) mass is 372 g/mol. The van der Waals surface area contributed by atoms with Crippen molar-refractivity contribution in [1.82, 2.24) is 10.6 Å². The summed E-state index contributed by atoms with van der Waals surface area (Å²) in [6.45, 7) is 3.41. The van der Waals surface area contributed by atoms with Crippen molar-refractivity contribution in [3.8, 4) is 5.75 Å². The van der Waals surface area contributed by atoms with Crippen molar-refractivity contribution in [3.05, 3.63) is 29.8 Å². The molecule has 1 aromatic rings. The average Bonchev–Trinajstić information content (AvgIpc) is 2.53. The molecule has 0 radical (unpaired) electrons. The Labute approximate surface area is 149 Å². The van der Waals surface area contributed by atoms with Gasteiger partial charge in [-0.25, -0.2) is 13.6 Å². The number of nitrogens with one attached hydrogen (secondary N) is 2. The standard InChI is InChI=1S/C17H22F2N2O5/c1-3-26-14-7-5-4-6-11(14)12(20-10(2)22)9-16(23)21-13(17(24)25)8-15(18)19/h4-7,12-13,15H,3,8-9H2,1-2H3,(H,20,22)(H,21,23)(H,24,25). The maximum Gasteiger partial charge on any atom is 0.326 e. The van der Waals surface area contributed by atoms with Gasteiger partial charge in [0.05, 0.1) is 19.1 Å². The zero-order chi connectivity index (χ0) is 19.7. The summed E-state index contributed by atoms with van der Waals surface area (Å²) in [7, 11) is 0. The number of benzene rings is 1. The molecule has 2 amide bonds. The Kier molecular flexibility index (Phi) is 8.47. The van der Waals surface area contributed by atoms with E-state index in [2.05, 4.69) is 10.6 Å². The first kappa shape index (κ1) is 21.3. The zero-order valence-electron chi connectivity index (χ0n) is 14.5. The first-order valence-corrected chi connectivity index (χ1v) is 8.03. The lowest BCUT2D eigenvalue weighted by atomic mass is 10.0. The Morgan fingerprint density at radius 2 is 1.85 bits per heavy atom. The molecule has 26 heavy (non-hydrogen) atoms. The summed E-state index contributed by atoms with van der Waals surface area (Å²) in [5.74, 6) is -2.27. The number of carboxylic acids is 1. The number of hydrogen-bond acceptors (Lipinski definition) is 4. The van der Waals surface area contributed by atoms with Crippen LogP contribution in [0.1, 0.15) is 38.3 Å². The fourth-order valence-electron chi connectivity index (χ4n) is 2.38. The van der Waals surface area contributed by atoms with Crippen LogP contribution in [0.25, 0.3) is 0 Å². The number of alkyl halides is 2. The number of amides is 2. The van der Waals surface area contributed by atoms with Gasteiger partial charge >= 0.3 is 5.97 Å². The molecule has 0 saturated heterocycles. The quantitative estimate of drug-likeness (QED) is 0.582. The molecule has 3 N–H and O–H groups in total. The number of rotatable bonds is 10. The third-order valence-electron chi connectivity index (χ3n) is 3.41. The second-order valence-electron chi connectivity index (χ2n) is 5.51. The number of carboxylic acid groups (broad SMARTS) is 1. The maximum atomic E-state index is 12.4. The van der Waals surface area contributed by atoms with E-state index in [9.17, 15) is 23.2 Å². The second kappa shape index (κ2) is 10.3. The van der Waals surface area contributed by atoms with Crippen LogP contribution in [0.3, 0.4) is 0 Å². The highest BCUT2D eigenvalue weighted by molar-refractivity contribution is 5.84. The van der Waals surface area contributed by atoms with Crippen molar-refractivity contribution < 1.29 is 33.0 Å². The van der Waals surface area contributed by atoms with E-state index < -0.39 is 42.7 Å². The van der Waals surface area contributed by atoms with Gasteiger partial charge in [-0.15, -0.1) is 0 Å². The number of para-hydroxylation sites is 1. The Morgan fingerprint density at radius 3 is 2.38 bits per heavy atom. The van der Waals surface area contributed by atoms with Gasteiger partial charge < -0.3 is 20.5 Å². The van der Waals surface area contributed by atoms with Crippen molar-refractivity contribution in [1.29, 1.82) is 0 Å². The molecule has 0 heterocycles. The normalized spacial score (nSPS) is 13.0. The molecule has 2 unspecified atom stereocenters. The lowest BCUT2D eigenvalue weighted by Crippen LogP contribution is -2.43. The van der Waals surface area contributed by atoms with Crippen LogP contribution in [-0.4, -0.2) is 42.0 Å². The van der Waals surface area contributed by atoms with Crippen molar-refractivity contribution in [2.24, 2.45) is 0 Å². The van der Waals surface area contributed by atoms with E-state index >= 15 is 0 Å². The predicted octanol–water partition coefficient (Wildman–Crippen LogP) is 1.88. The minimum absolute atomic E-state index is 0.323. The van der Waals surface area contributed by atoms with Crippen LogP contribution in [0.15, 0.2) is 24.3 Å². The summed E-state index contributed by atoms with van der Waals surface area (Å²) in [6.07, 6.45) is -4.20. The van der Waals surface area contributed by atoms with Crippen molar-refractivity contribution in [2.45, 2.75) is 45.2 Å². The first-order valence-electron chi connectivity index (χ1n) is 8.03. The summed E-state index contributed by atoms with van der Waals surface area (Å²) < 4.78 is 30.4. The Balaban J connectivity index is 2.95. The molecule has 0 bridgehead atoms. The van der Waals surface area contributed by atoms with E-state index in [1.54, 1.807) is 31.2 Å². The Hall–Kier alpha value is -2.71. The van der Waals surface area contributed by atoms with Crippen LogP contribution in [0.4, 0.5) is 8.78 Å². The average molecular weight is 372 g/mol. The first-order chi connectivity index (χ1) is 12.2. The van der Waals surface area contributed by atoms with Crippen LogP contribution in [0.5, 0.6) is 5.75 Å². The Morgan fingerprint density at radius 1 is 1.19 bits per heavy atom. The number of aliphatic carboxylic acids is 1. The van der Waals surface area contributed by atoms with E-state index in [0.29, 0.717) is 17.9 Å². The molecule has 9 heteroatoms. The van der Waals surface area contributed by atoms with Gasteiger partial charge in [0.1, 0.15) is 11.8 Å². The van der Waals surface area contributed by atoms with Gasteiger partial charge in [-0.05, 0) is 13.0 Å². The topological polar surface area (TPSA) is 105 Å². The lowest BCUT2D eigenvalue weighted by Gasteiger charge is -2.22. The van der Waals surface area contributed by atoms with Crippen LogP contribution >= 0.6 is 0 Å². The number of carbonyl (C=O) groups is 3. The Bertz CT molecular complexity index is 639. The molecule has 0 saturated carbocycles. The zero-order valence-corrected chi connectivity index (χ0v) is 14.5. The summed E-state index contributed by atoms with van der Waals surface area (Å²) in [5, 5.41) is 13.6. The minimum atomic E-state index is -2.87. The van der Waals surface area contributed by atoms with Gasteiger partial charge in [0, 0.05) is 18.9 Å². The smallest absolute Gasteiger partial charge is 0.326 e. The van der Waals surface area contributed by atoms with E-state index in [1.807, 2.05) is 0 Å². The highest BCUT2D eigenvalue weighted by Gasteiger charge is 2.27. The molecular formula is C17H22F2N2O5. The van der Waals surface area contributed by atoms with Gasteiger partial charge in [-0.2, -0.15) is 0 Å². The van der Waals surface area contributed by atoms with Crippen molar-refractivity contribution in [2.75, 3.05) is 6.61 Å². The largest absolute Gasteiger partial charge is 0.494 e. The molecule has 0 aromatic heterocycles. The van der Waals surface area contributed by atoms with E-state index in [0.717, 1.165) is 0 Å². The molecule has 144 valence electrons. The second-order valence-corrected chi connectivity index (χ2v) is 5.51. The van der Waals surface area contributed by atoms with E-state index in [4.69, 9.17) is 9.84 Å². The van der Waals surface area contributed by atoms with Crippen molar-refractivity contribution >= 4 is 17.8 Å². The fourth-order valence-corrected chi connectivity index (χ4v) is 2.38. The highest BCUT2D eigenvalue weighted by Crippen LogP contribution is 2.27. The van der Waals surface area contributed by atoms with Gasteiger partial charge in [-0.3, -0.25) is 9.59 Å². The van der Waals surface area contributed by atoms with E-state index in [-0.39, 0.29) is 6.42 Å². The molecule has 0 aliphatic rings. The number of hydrogen-bond donors (Lipinski definition) is 3. The van der Waals surface area contributed by atoms with Gasteiger partial charge in [0.25, 0.3) is 0 Å². The number of halogens is 2. The molecule has 1 aromatic carbocycles. The van der Waals surface area contributed by atoms with Crippen LogP contribution < -0.4 is 15.4 Å². The number of ether oxygens (including phenoxy) is 1. The fraction of sp³-hybridized carbons (Fsp3) is 0.471. The summed E-state index contributed by atoms with van der Waals surface area (Å²) >= 11 is 0. The molecule has 0 spiro atoms. The molecular weight excluding hydrogens is 350 g/mol. The van der Waals surface area contributed by atoms with Crippen LogP contribution in [0, 0.1) is 0 Å². The molecule has 7 nitrogen and oxygen atoms in total. The van der Waals surface area contributed by atoms with Crippen molar-refractivity contribution in [3.63, 3.8) is 0 Å².